The lowest BCUT2D eigenvalue weighted by atomic mass is 10.2. The van der Waals surface area contributed by atoms with Crippen molar-refractivity contribution >= 4 is 31.9 Å². The van der Waals surface area contributed by atoms with Gasteiger partial charge in [-0.25, -0.2) is 0 Å². The summed E-state index contributed by atoms with van der Waals surface area (Å²) in [4.78, 5) is 0. The Morgan fingerprint density at radius 1 is 1.20 bits per heavy atom. The average molecular weight is 411 g/mol. The van der Waals surface area contributed by atoms with E-state index in [2.05, 4.69) is 49.3 Å². The zero-order valence-electron chi connectivity index (χ0n) is 11.6. The van der Waals surface area contributed by atoms with Gasteiger partial charge in [-0.15, -0.1) is 0 Å². The molecule has 1 aromatic carbocycles. The van der Waals surface area contributed by atoms with Gasteiger partial charge in [-0.3, -0.25) is 0 Å². The minimum atomic E-state index is 0.0850. The summed E-state index contributed by atoms with van der Waals surface area (Å²) < 4.78 is 12.7. The van der Waals surface area contributed by atoms with Crippen molar-refractivity contribution in [1.29, 1.82) is 0 Å². The number of benzene rings is 1. The fourth-order valence-corrected chi connectivity index (χ4v) is 3.21. The highest BCUT2D eigenvalue weighted by Crippen LogP contribution is 2.34. The molecule has 20 heavy (non-hydrogen) atoms. The van der Waals surface area contributed by atoms with E-state index in [1.807, 2.05) is 6.92 Å². The number of hydrogen-bond donors (Lipinski definition) is 2. The third kappa shape index (κ3) is 6.54. The van der Waals surface area contributed by atoms with Crippen molar-refractivity contribution in [1.82, 2.24) is 5.32 Å². The molecule has 1 aromatic rings. The Morgan fingerprint density at radius 2 is 1.90 bits per heavy atom. The number of hydrogen-bond acceptors (Lipinski definition) is 4. The van der Waals surface area contributed by atoms with Crippen molar-refractivity contribution < 1.29 is 14.6 Å². The number of aliphatic hydroxyl groups excluding tert-OH is 1. The summed E-state index contributed by atoms with van der Waals surface area (Å²) in [6.45, 7) is 5.46. The van der Waals surface area contributed by atoms with E-state index >= 15 is 0 Å². The first-order valence-electron chi connectivity index (χ1n) is 6.69. The Bertz CT molecular complexity index is 379. The first-order chi connectivity index (χ1) is 9.69. The standard InChI is InChI=1S/C14H21Br2NO3/c1-2-20-14-12(15)8-11(9-13(14)16)10-17-4-3-6-19-7-5-18/h8-9,17-18H,2-7,10H2,1H3. The van der Waals surface area contributed by atoms with Crippen LogP contribution in [0, 0.1) is 0 Å². The Labute approximate surface area is 137 Å². The van der Waals surface area contributed by atoms with Gasteiger partial charge in [0.25, 0.3) is 0 Å². The molecule has 0 bridgehead atoms. The third-order valence-corrected chi connectivity index (χ3v) is 3.73. The van der Waals surface area contributed by atoms with Gasteiger partial charge in [-0.1, -0.05) is 0 Å². The maximum absolute atomic E-state index is 8.57. The minimum Gasteiger partial charge on any atom is -0.492 e. The van der Waals surface area contributed by atoms with E-state index in [1.54, 1.807) is 0 Å². The number of halogens is 2. The normalized spacial score (nSPS) is 10.8. The summed E-state index contributed by atoms with van der Waals surface area (Å²) in [5, 5.41) is 11.9. The van der Waals surface area contributed by atoms with Crippen molar-refractivity contribution in [3.63, 3.8) is 0 Å². The molecule has 2 N–H and O–H groups in total. The fraction of sp³-hybridized carbons (Fsp3) is 0.571. The molecular formula is C14H21Br2NO3. The zero-order valence-corrected chi connectivity index (χ0v) is 14.8. The number of ether oxygens (including phenoxy) is 2. The van der Waals surface area contributed by atoms with Gasteiger partial charge in [0.15, 0.2) is 0 Å². The summed E-state index contributed by atoms with van der Waals surface area (Å²) in [7, 11) is 0. The van der Waals surface area contributed by atoms with Crippen LogP contribution >= 0.6 is 31.9 Å². The Kier molecular flexibility index (Phi) is 9.46. The lowest BCUT2D eigenvalue weighted by molar-refractivity contribution is 0.0907. The SMILES string of the molecule is CCOc1c(Br)cc(CNCCCOCCO)cc1Br. The average Bonchev–Trinajstić information content (AvgIpc) is 2.42. The van der Waals surface area contributed by atoms with Gasteiger partial charge < -0.3 is 19.9 Å². The summed E-state index contributed by atoms with van der Waals surface area (Å²) in [6.07, 6.45) is 0.930. The van der Waals surface area contributed by atoms with Crippen LogP contribution in [-0.4, -0.2) is 38.1 Å². The van der Waals surface area contributed by atoms with E-state index in [4.69, 9.17) is 14.6 Å². The smallest absolute Gasteiger partial charge is 0.147 e. The maximum atomic E-state index is 8.57. The molecule has 0 aliphatic rings. The lowest BCUT2D eigenvalue weighted by Crippen LogP contribution is -2.17. The van der Waals surface area contributed by atoms with Gasteiger partial charge in [-0.05, 0) is 69.4 Å². The highest BCUT2D eigenvalue weighted by Gasteiger charge is 2.08. The van der Waals surface area contributed by atoms with Crippen LogP contribution in [0.5, 0.6) is 5.75 Å². The maximum Gasteiger partial charge on any atom is 0.147 e. The molecule has 0 heterocycles. The van der Waals surface area contributed by atoms with Crippen LogP contribution in [0.1, 0.15) is 18.9 Å². The number of rotatable bonds is 10. The van der Waals surface area contributed by atoms with Crippen molar-refractivity contribution in [2.75, 3.05) is 33.0 Å². The number of nitrogens with one attached hydrogen (secondary N) is 1. The van der Waals surface area contributed by atoms with Crippen LogP contribution in [0.2, 0.25) is 0 Å². The molecule has 0 aliphatic carbocycles. The van der Waals surface area contributed by atoms with E-state index in [-0.39, 0.29) is 6.61 Å². The van der Waals surface area contributed by atoms with Gasteiger partial charge in [0, 0.05) is 13.2 Å². The lowest BCUT2D eigenvalue weighted by Gasteiger charge is -2.11. The predicted molar refractivity (Wildman–Crippen MR) is 87.2 cm³/mol. The molecule has 0 saturated heterocycles. The Morgan fingerprint density at radius 3 is 2.50 bits per heavy atom. The molecule has 4 nitrogen and oxygen atoms in total. The molecule has 0 aromatic heterocycles. The molecule has 0 radical (unpaired) electrons. The van der Waals surface area contributed by atoms with Gasteiger partial charge in [-0.2, -0.15) is 0 Å². The quantitative estimate of drug-likeness (QED) is 0.582. The number of aliphatic hydroxyl groups is 1. The van der Waals surface area contributed by atoms with Crippen LogP contribution in [-0.2, 0) is 11.3 Å². The molecule has 1 rings (SSSR count). The molecule has 0 fully saturated rings. The monoisotopic (exact) mass is 409 g/mol. The Hall–Kier alpha value is -0.140. The highest BCUT2D eigenvalue weighted by atomic mass is 79.9. The molecular weight excluding hydrogens is 390 g/mol. The van der Waals surface area contributed by atoms with E-state index in [1.165, 1.54) is 5.56 Å². The van der Waals surface area contributed by atoms with E-state index in [0.717, 1.165) is 34.2 Å². The molecule has 0 spiro atoms. The predicted octanol–water partition coefficient (Wildman–Crippen LogP) is 3.10. The van der Waals surface area contributed by atoms with Crippen LogP contribution in [0.25, 0.3) is 0 Å². The van der Waals surface area contributed by atoms with E-state index < -0.39 is 0 Å². The molecule has 0 amide bonds. The van der Waals surface area contributed by atoms with Gasteiger partial charge in [0.1, 0.15) is 5.75 Å². The molecule has 0 aliphatic heterocycles. The molecule has 0 saturated carbocycles. The van der Waals surface area contributed by atoms with Crippen molar-refractivity contribution in [2.24, 2.45) is 0 Å². The summed E-state index contributed by atoms with van der Waals surface area (Å²) >= 11 is 7.05. The van der Waals surface area contributed by atoms with Gasteiger partial charge in [0.2, 0.25) is 0 Å². The van der Waals surface area contributed by atoms with Gasteiger partial charge >= 0.3 is 0 Å². The summed E-state index contributed by atoms with van der Waals surface area (Å²) in [5.74, 6) is 0.841. The second-order valence-electron chi connectivity index (χ2n) is 4.19. The van der Waals surface area contributed by atoms with Crippen molar-refractivity contribution in [3.05, 3.63) is 26.6 Å². The fourth-order valence-electron chi connectivity index (χ4n) is 1.70. The molecule has 0 atom stereocenters. The minimum absolute atomic E-state index is 0.0850. The Balaban J connectivity index is 2.34. The highest BCUT2D eigenvalue weighted by molar-refractivity contribution is 9.11. The summed E-state index contributed by atoms with van der Waals surface area (Å²) in [5.41, 5.74) is 1.18. The van der Waals surface area contributed by atoms with Crippen LogP contribution < -0.4 is 10.1 Å². The first-order valence-corrected chi connectivity index (χ1v) is 8.27. The topological polar surface area (TPSA) is 50.7 Å². The van der Waals surface area contributed by atoms with Crippen LogP contribution in [0.3, 0.4) is 0 Å². The first kappa shape index (κ1) is 17.9. The van der Waals surface area contributed by atoms with E-state index in [9.17, 15) is 0 Å². The zero-order chi connectivity index (χ0) is 14.8. The molecule has 6 heteroatoms. The van der Waals surface area contributed by atoms with Crippen LogP contribution in [0.4, 0.5) is 0 Å². The van der Waals surface area contributed by atoms with Gasteiger partial charge in [0.05, 0.1) is 28.8 Å². The van der Waals surface area contributed by atoms with Crippen LogP contribution in [0.15, 0.2) is 21.1 Å². The molecule has 114 valence electrons. The second-order valence-corrected chi connectivity index (χ2v) is 5.90. The van der Waals surface area contributed by atoms with E-state index in [0.29, 0.717) is 19.8 Å². The summed E-state index contributed by atoms with van der Waals surface area (Å²) in [6, 6.07) is 4.12. The third-order valence-electron chi connectivity index (χ3n) is 2.55. The second kappa shape index (κ2) is 10.6. The van der Waals surface area contributed by atoms with Crippen molar-refractivity contribution in [3.8, 4) is 5.75 Å². The van der Waals surface area contributed by atoms with Crippen molar-refractivity contribution in [2.45, 2.75) is 19.9 Å². The molecule has 0 unspecified atom stereocenters. The largest absolute Gasteiger partial charge is 0.492 e.